The van der Waals surface area contributed by atoms with Gasteiger partial charge >= 0.3 is 0 Å². The summed E-state index contributed by atoms with van der Waals surface area (Å²) in [6.45, 7) is 38.3. The first-order chi connectivity index (χ1) is 46.0. The second-order valence-electron chi connectivity index (χ2n) is 25.8. The molecule has 0 saturated heterocycles. The Morgan fingerprint density at radius 1 is 0.115 bits per heavy atom. The molecule has 0 aliphatic heterocycles. The van der Waals surface area contributed by atoms with E-state index in [1.165, 1.54) is 156 Å². The molecule has 0 saturated carbocycles. The van der Waals surface area contributed by atoms with Gasteiger partial charge in [0.25, 0.3) is 0 Å². The number of benzene rings is 13. The lowest BCUT2D eigenvalue weighted by atomic mass is 9.92. The average Bonchev–Trinajstić information content (AvgIpc) is 0.827. The lowest BCUT2D eigenvalue weighted by molar-refractivity contribution is 1.24. The van der Waals surface area contributed by atoms with Gasteiger partial charge in [0.2, 0.25) is 0 Å². The Hall–Kier alpha value is -10.1. The quantitative estimate of drug-likeness (QED) is 0.161. The number of aryl methyl sites for hydroxylation is 18. The van der Waals surface area contributed by atoms with Crippen molar-refractivity contribution in [3.05, 3.63) is 403 Å². The second-order valence-corrected chi connectivity index (χ2v) is 25.8. The van der Waals surface area contributed by atoms with Crippen molar-refractivity contribution in [2.45, 2.75) is 125 Å². The highest BCUT2D eigenvalue weighted by Crippen LogP contribution is 2.32. The third-order valence-corrected chi connectivity index (χ3v) is 16.9. The molecule has 13 aromatic carbocycles. The van der Waals surface area contributed by atoms with Gasteiger partial charge in [-0.1, -0.05) is 359 Å². The fraction of sp³-hybridized carbons (Fsp3) is 0.188. The molecule has 0 unspecified atom stereocenters. The highest BCUT2D eigenvalue weighted by molar-refractivity contribution is 5.76. The predicted octanol–water partition coefficient (Wildman–Crippen LogP) is 27.4. The van der Waals surface area contributed by atoms with Gasteiger partial charge in [0.15, 0.2) is 0 Å². The average molecular weight is 1260 g/mol. The van der Waals surface area contributed by atoms with Crippen molar-refractivity contribution in [2.75, 3.05) is 0 Å². The van der Waals surface area contributed by atoms with Crippen molar-refractivity contribution in [2.24, 2.45) is 0 Å². The van der Waals surface area contributed by atoms with Crippen molar-refractivity contribution in [1.82, 2.24) is 0 Å². The minimum absolute atomic E-state index is 1.28. The van der Waals surface area contributed by atoms with Crippen LogP contribution in [0.5, 0.6) is 0 Å². The van der Waals surface area contributed by atoms with E-state index in [0.29, 0.717) is 0 Å². The summed E-state index contributed by atoms with van der Waals surface area (Å²) in [6, 6.07) is 107. The summed E-state index contributed by atoms with van der Waals surface area (Å²) < 4.78 is 0. The Morgan fingerprint density at radius 3 is 0.583 bits per heavy atom. The lowest BCUT2D eigenvalue weighted by Gasteiger charge is -2.13. The molecule has 0 aromatic heterocycles. The van der Waals surface area contributed by atoms with E-state index in [9.17, 15) is 0 Å². The molecule has 0 heterocycles. The van der Waals surface area contributed by atoms with Gasteiger partial charge in [-0.2, -0.15) is 0 Å². The summed E-state index contributed by atoms with van der Waals surface area (Å²) in [4.78, 5) is 0. The Balaban J connectivity index is 0.000000177. The summed E-state index contributed by atoms with van der Waals surface area (Å²) in [7, 11) is 0. The number of hydrogen-bond donors (Lipinski definition) is 0. The first-order valence-corrected chi connectivity index (χ1v) is 33.8. The van der Waals surface area contributed by atoms with Crippen molar-refractivity contribution < 1.29 is 0 Å². The van der Waals surface area contributed by atoms with Gasteiger partial charge in [0.05, 0.1) is 0 Å². The van der Waals surface area contributed by atoms with Crippen LogP contribution in [0, 0.1) is 125 Å². The number of hydrogen-bond acceptors (Lipinski definition) is 0. The number of rotatable bonds is 5. The van der Waals surface area contributed by atoms with E-state index >= 15 is 0 Å². The molecule has 0 N–H and O–H groups in total. The van der Waals surface area contributed by atoms with Crippen molar-refractivity contribution in [3.8, 4) is 55.6 Å². The molecule has 0 heteroatoms. The molecular formula is C96H104. The van der Waals surface area contributed by atoms with Crippen LogP contribution in [0.4, 0.5) is 0 Å². The zero-order valence-corrected chi connectivity index (χ0v) is 60.9. The Labute approximate surface area is 580 Å². The minimum atomic E-state index is 1.28. The summed E-state index contributed by atoms with van der Waals surface area (Å²) in [5, 5.41) is 0. The van der Waals surface area contributed by atoms with Gasteiger partial charge in [0.1, 0.15) is 0 Å². The SMILES string of the molecule is Cc1cc(-c2ccccc2)c(C)cc1-c1ccccc1.Cc1cc(C)c(C)cc1C.Cc1ccc(-c2ccc(C)cc2)cc1.Cc1ccc(-c2cccc(C)c2)cc1.Cc1ccc(C)cc1.Cc1cccc(-c2cccc(C)c2)c1.Cc1cccc(C)c1.Cc1ccccc1C. The molecule has 0 spiro atoms. The molecule has 0 fully saturated rings. The lowest BCUT2D eigenvalue weighted by Crippen LogP contribution is -1.89. The van der Waals surface area contributed by atoms with Gasteiger partial charge in [0, 0.05) is 0 Å². The first kappa shape index (κ1) is 74.9. The summed E-state index contributed by atoms with van der Waals surface area (Å²) in [5.41, 5.74) is 37.1. The molecule has 0 aliphatic rings. The largest absolute Gasteiger partial charge is 0.0622 e. The van der Waals surface area contributed by atoms with Crippen LogP contribution in [0.15, 0.2) is 303 Å². The van der Waals surface area contributed by atoms with Crippen LogP contribution in [0.2, 0.25) is 0 Å². The fourth-order valence-corrected chi connectivity index (χ4v) is 10.6. The topological polar surface area (TPSA) is 0 Å². The molecule has 488 valence electrons. The van der Waals surface area contributed by atoms with Crippen LogP contribution in [0.3, 0.4) is 0 Å². The minimum Gasteiger partial charge on any atom is -0.0622 e. The van der Waals surface area contributed by atoms with Crippen molar-refractivity contribution in [1.29, 1.82) is 0 Å². The summed E-state index contributed by atoms with van der Waals surface area (Å²) in [5.74, 6) is 0. The Kier molecular flexibility index (Phi) is 30.3. The van der Waals surface area contributed by atoms with E-state index in [1.54, 1.807) is 0 Å². The fourth-order valence-electron chi connectivity index (χ4n) is 10.6. The molecule has 13 rings (SSSR count). The summed E-state index contributed by atoms with van der Waals surface area (Å²) >= 11 is 0. The summed E-state index contributed by atoms with van der Waals surface area (Å²) in [6.07, 6.45) is 0. The van der Waals surface area contributed by atoms with Crippen molar-refractivity contribution in [3.63, 3.8) is 0 Å². The Bertz CT molecular complexity index is 4150. The molecule has 0 bridgehead atoms. The van der Waals surface area contributed by atoms with Gasteiger partial charge < -0.3 is 0 Å². The molecule has 0 aliphatic carbocycles. The molecule has 0 nitrogen and oxygen atoms in total. The van der Waals surface area contributed by atoms with Crippen LogP contribution in [0.25, 0.3) is 55.6 Å². The maximum Gasteiger partial charge on any atom is -0.0152 e. The van der Waals surface area contributed by atoms with Crippen LogP contribution in [0.1, 0.15) is 100 Å². The third kappa shape index (κ3) is 26.0. The van der Waals surface area contributed by atoms with Gasteiger partial charge in [-0.3, -0.25) is 0 Å². The van der Waals surface area contributed by atoms with Gasteiger partial charge in [-0.25, -0.2) is 0 Å². The van der Waals surface area contributed by atoms with E-state index in [1.807, 2.05) is 0 Å². The highest BCUT2D eigenvalue weighted by atomic mass is 14.1. The Morgan fingerprint density at radius 2 is 0.333 bits per heavy atom. The molecule has 0 amide bonds. The standard InChI is InChI=1S/C20H18.3C14H14.C10H14.3C8H10/c1-15-13-20(18-11-7-4-8-12-18)16(2)14-19(15)17-9-5-3-6-10-17;1-11-3-7-13(8-4-11)14-9-5-12(2)6-10-14;1-11-5-3-7-13(9-11)14-8-4-6-12(2)10-14;1-11-6-8-13(9-7-11)14-5-3-4-12(2)10-14;1-7-5-9(3)10(4)6-8(7)2;1-7-3-5-8(2)6-4-7;1-7-4-3-5-8(2)6-7;1-7-5-3-4-6-8(7)2/h3-14H,1-2H3;3*3-10H,1-2H3;5-6H,1-4H3;3*3-6H,1-2H3. The van der Waals surface area contributed by atoms with Crippen LogP contribution in [-0.4, -0.2) is 0 Å². The van der Waals surface area contributed by atoms with E-state index < -0.39 is 0 Å². The van der Waals surface area contributed by atoms with Crippen LogP contribution < -0.4 is 0 Å². The molecule has 96 heavy (non-hydrogen) atoms. The zero-order chi connectivity index (χ0) is 69.5. The maximum absolute atomic E-state index is 2.30. The highest BCUT2D eigenvalue weighted by Gasteiger charge is 2.08. The molecule has 0 radical (unpaired) electrons. The smallest absolute Gasteiger partial charge is 0.0152 e. The monoisotopic (exact) mass is 1260 g/mol. The normalized spacial score (nSPS) is 9.98. The molecular weight excluding hydrogens is 1150 g/mol. The van der Waals surface area contributed by atoms with E-state index in [2.05, 4.69) is 428 Å². The first-order valence-electron chi connectivity index (χ1n) is 33.8. The van der Waals surface area contributed by atoms with E-state index in [-0.39, 0.29) is 0 Å². The van der Waals surface area contributed by atoms with Crippen molar-refractivity contribution >= 4 is 0 Å². The third-order valence-electron chi connectivity index (χ3n) is 16.9. The van der Waals surface area contributed by atoms with E-state index in [4.69, 9.17) is 0 Å². The van der Waals surface area contributed by atoms with Gasteiger partial charge in [-0.15, -0.1) is 0 Å². The molecule has 13 aromatic rings. The van der Waals surface area contributed by atoms with Crippen LogP contribution >= 0.6 is 0 Å². The van der Waals surface area contributed by atoms with Gasteiger partial charge in [-0.05, 0) is 225 Å². The van der Waals surface area contributed by atoms with E-state index in [0.717, 1.165) is 0 Å². The predicted molar refractivity (Wildman–Crippen MR) is 424 cm³/mol. The maximum atomic E-state index is 2.30. The molecule has 0 atom stereocenters. The van der Waals surface area contributed by atoms with Crippen LogP contribution in [-0.2, 0) is 0 Å². The second kappa shape index (κ2) is 38.9. The zero-order valence-electron chi connectivity index (χ0n) is 60.9.